The van der Waals surface area contributed by atoms with Crippen molar-refractivity contribution < 1.29 is 9.59 Å². The van der Waals surface area contributed by atoms with Gasteiger partial charge in [0.15, 0.2) is 0 Å². The minimum Gasteiger partial charge on any atom is -0.343 e. The maximum absolute atomic E-state index is 12.3. The quantitative estimate of drug-likeness (QED) is 0.840. The molecule has 0 aromatic heterocycles. The van der Waals surface area contributed by atoms with Crippen LogP contribution in [0.1, 0.15) is 40.7 Å². The first-order valence-electron chi connectivity index (χ1n) is 9.13. The number of carbonyl (C=O) groups excluding carboxylic acids is 2. The monoisotopic (exact) mass is 351 g/mol. The number of rotatable bonds is 6. The van der Waals surface area contributed by atoms with E-state index in [0.29, 0.717) is 18.5 Å². The van der Waals surface area contributed by atoms with Crippen LogP contribution in [0.4, 0.5) is 5.69 Å². The molecule has 0 atom stereocenters. The minimum absolute atomic E-state index is 0.148. The average Bonchev–Trinajstić information content (AvgIpc) is 3.22. The summed E-state index contributed by atoms with van der Waals surface area (Å²) in [6, 6.07) is 14.9. The molecule has 3 rings (SSSR count). The first-order valence-corrected chi connectivity index (χ1v) is 9.13. The van der Waals surface area contributed by atoms with Gasteiger partial charge in [0.25, 0.3) is 5.91 Å². The summed E-state index contributed by atoms with van der Waals surface area (Å²) in [6.07, 6.45) is 3.51. The lowest BCUT2D eigenvalue weighted by atomic mass is 10.1. The van der Waals surface area contributed by atoms with E-state index < -0.39 is 0 Å². The van der Waals surface area contributed by atoms with Gasteiger partial charge in [-0.25, -0.2) is 0 Å². The van der Waals surface area contributed by atoms with Crippen LogP contribution < -0.4 is 11.1 Å². The fourth-order valence-electron chi connectivity index (χ4n) is 3.13. The fraction of sp³-hybridized carbons (Fsp3) is 0.333. The molecule has 1 heterocycles. The predicted molar refractivity (Wildman–Crippen MR) is 103 cm³/mol. The van der Waals surface area contributed by atoms with Crippen molar-refractivity contribution in [3.63, 3.8) is 0 Å². The minimum atomic E-state index is -0.148. The summed E-state index contributed by atoms with van der Waals surface area (Å²) < 4.78 is 0. The molecule has 3 N–H and O–H groups in total. The Kier molecular flexibility index (Phi) is 6.02. The number of amides is 2. The normalized spacial score (nSPS) is 13.7. The fourth-order valence-corrected chi connectivity index (χ4v) is 3.13. The van der Waals surface area contributed by atoms with Crippen molar-refractivity contribution in [3.05, 3.63) is 65.2 Å². The van der Waals surface area contributed by atoms with Crippen LogP contribution in [0.15, 0.2) is 48.5 Å². The second-order valence-electron chi connectivity index (χ2n) is 6.64. The molecule has 2 aromatic rings. The Morgan fingerprint density at radius 1 is 0.923 bits per heavy atom. The van der Waals surface area contributed by atoms with E-state index in [-0.39, 0.29) is 11.8 Å². The number of hydrogen-bond acceptors (Lipinski definition) is 3. The van der Waals surface area contributed by atoms with Gasteiger partial charge in [0.1, 0.15) is 0 Å². The van der Waals surface area contributed by atoms with Crippen LogP contribution in [0, 0.1) is 0 Å². The molecule has 136 valence electrons. The number of nitrogens with two attached hydrogens (primary N) is 1. The molecule has 1 aliphatic rings. The van der Waals surface area contributed by atoms with E-state index in [4.69, 9.17) is 5.73 Å². The first kappa shape index (κ1) is 18.1. The zero-order chi connectivity index (χ0) is 18.4. The Balaban J connectivity index is 1.51. The third-order valence-corrected chi connectivity index (χ3v) is 4.75. The molecule has 2 amide bonds. The van der Waals surface area contributed by atoms with Gasteiger partial charge in [0.05, 0.1) is 0 Å². The van der Waals surface area contributed by atoms with Crippen LogP contribution in [-0.4, -0.2) is 29.8 Å². The zero-order valence-electron chi connectivity index (χ0n) is 14.9. The number of likely N-dealkylation sites (tertiary alicyclic amines) is 1. The average molecular weight is 351 g/mol. The Hall–Kier alpha value is -2.66. The van der Waals surface area contributed by atoms with E-state index >= 15 is 0 Å². The summed E-state index contributed by atoms with van der Waals surface area (Å²) in [5.74, 6) is 0.0892. The summed E-state index contributed by atoms with van der Waals surface area (Å²) >= 11 is 0. The second-order valence-corrected chi connectivity index (χ2v) is 6.64. The second kappa shape index (κ2) is 8.63. The summed E-state index contributed by atoms with van der Waals surface area (Å²) in [5.41, 5.74) is 9.01. The van der Waals surface area contributed by atoms with Crippen molar-refractivity contribution in [1.82, 2.24) is 4.90 Å². The summed E-state index contributed by atoms with van der Waals surface area (Å²) in [6.45, 7) is 2.26. The standard InChI is InChI=1S/C21H25N3O2/c22-15-17-3-8-18(9-4-17)21(26)23-19-10-5-16(6-11-19)7-12-20(25)24-13-1-2-14-24/h3-6,8-11H,1-2,7,12-15,22H2,(H,23,26). The van der Waals surface area contributed by atoms with E-state index in [1.54, 1.807) is 12.1 Å². The molecule has 0 spiro atoms. The Morgan fingerprint density at radius 3 is 2.15 bits per heavy atom. The molecule has 1 fully saturated rings. The number of carbonyl (C=O) groups is 2. The number of benzene rings is 2. The molecule has 0 unspecified atom stereocenters. The highest BCUT2D eigenvalue weighted by molar-refractivity contribution is 6.04. The van der Waals surface area contributed by atoms with E-state index in [9.17, 15) is 9.59 Å². The molecule has 1 saturated heterocycles. The van der Waals surface area contributed by atoms with E-state index in [0.717, 1.165) is 49.2 Å². The number of nitrogens with one attached hydrogen (secondary N) is 1. The van der Waals surface area contributed by atoms with Gasteiger partial charge in [-0.05, 0) is 54.7 Å². The maximum atomic E-state index is 12.3. The van der Waals surface area contributed by atoms with Crippen LogP contribution in [0.2, 0.25) is 0 Å². The van der Waals surface area contributed by atoms with Crippen LogP contribution in [-0.2, 0) is 17.8 Å². The lowest BCUT2D eigenvalue weighted by Gasteiger charge is -2.15. The number of hydrogen-bond donors (Lipinski definition) is 2. The molecule has 1 aliphatic heterocycles. The van der Waals surface area contributed by atoms with Gasteiger partial charge >= 0.3 is 0 Å². The highest BCUT2D eigenvalue weighted by Gasteiger charge is 2.17. The van der Waals surface area contributed by atoms with Crippen LogP contribution >= 0.6 is 0 Å². The topological polar surface area (TPSA) is 75.4 Å². The smallest absolute Gasteiger partial charge is 0.255 e. The van der Waals surface area contributed by atoms with Gasteiger partial charge in [0.2, 0.25) is 5.91 Å². The molecule has 0 radical (unpaired) electrons. The molecular weight excluding hydrogens is 326 g/mol. The molecule has 0 aliphatic carbocycles. The van der Waals surface area contributed by atoms with Crippen molar-refractivity contribution >= 4 is 17.5 Å². The van der Waals surface area contributed by atoms with Crippen molar-refractivity contribution in [2.45, 2.75) is 32.2 Å². The zero-order valence-corrected chi connectivity index (χ0v) is 14.9. The van der Waals surface area contributed by atoms with E-state index in [1.165, 1.54) is 0 Å². The molecule has 5 nitrogen and oxygen atoms in total. The Bertz CT molecular complexity index is 748. The van der Waals surface area contributed by atoms with Crippen molar-refractivity contribution in [2.75, 3.05) is 18.4 Å². The van der Waals surface area contributed by atoms with Crippen molar-refractivity contribution in [2.24, 2.45) is 5.73 Å². The Labute approximate surface area is 154 Å². The number of anilines is 1. The van der Waals surface area contributed by atoms with Crippen LogP contribution in [0.3, 0.4) is 0 Å². The molecule has 5 heteroatoms. The van der Waals surface area contributed by atoms with Gasteiger partial charge in [-0.1, -0.05) is 24.3 Å². The van der Waals surface area contributed by atoms with E-state index in [1.807, 2.05) is 41.3 Å². The Morgan fingerprint density at radius 2 is 1.54 bits per heavy atom. The van der Waals surface area contributed by atoms with E-state index in [2.05, 4.69) is 5.32 Å². The first-order chi connectivity index (χ1) is 12.7. The molecule has 26 heavy (non-hydrogen) atoms. The van der Waals surface area contributed by atoms with Crippen molar-refractivity contribution in [1.29, 1.82) is 0 Å². The highest BCUT2D eigenvalue weighted by atomic mass is 16.2. The van der Waals surface area contributed by atoms with Crippen molar-refractivity contribution in [3.8, 4) is 0 Å². The maximum Gasteiger partial charge on any atom is 0.255 e. The SMILES string of the molecule is NCc1ccc(C(=O)Nc2ccc(CCC(=O)N3CCCC3)cc2)cc1. The van der Waals surface area contributed by atoms with Gasteiger partial charge in [-0.3, -0.25) is 9.59 Å². The summed E-state index contributed by atoms with van der Waals surface area (Å²) in [5, 5.41) is 2.89. The number of aryl methyl sites for hydroxylation is 1. The molecule has 2 aromatic carbocycles. The van der Waals surface area contributed by atoms with Gasteiger partial charge in [0, 0.05) is 37.3 Å². The molecular formula is C21H25N3O2. The molecule has 0 bridgehead atoms. The van der Waals surface area contributed by atoms with Gasteiger partial charge in [-0.2, -0.15) is 0 Å². The largest absolute Gasteiger partial charge is 0.343 e. The summed E-state index contributed by atoms with van der Waals surface area (Å²) in [4.78, 5) is 26.3. The lowest BCUT2D eigenvalue weighted by Crippen LogP contribution is -2.27. The summed E-state index contributed by atoms with van der Waals surface area (Å²) in [7, 11) is 0. The van der Waals surface area contributed by atoms with Crippen LogP contribution in [0.25, 0.3) is 0 Å². The predicted octanol–water partition coefficient (Wildman–Crippen LogP) is 2.95. The third kappa shape index (κ3) is 4.70. The molecule has 0 saturated carbocycles. The van der Waals surface area contributed by atoms with Gasteiger partial charge < -0.3 is 16.0 Å². The lowest BCUT2D eigenvalue weighted by molar-refractivity contribution is -0.130. The number of nitrogens with zero attached hydrogens (tertiary/aromatic N) is 1. The highest BCUT2D eigenvalue weighted by Crippen LogP contribution is 2.15. The van der Waals surface area contributed by atoms with Crippen LogP contribution in [0.5, 0.6) is 0 Å². The third-order valence-electron chi connectivity index (χ3n) is 4.75. The van der Waals surface area contributed by atoms with Gasteiger partial charge in [-0.15, -0.1) is 0 Å².